The third-order valence-electron chi connectivity index (χ3n) is 3.31. The van der Waals surface area contributed by atoms with Crippen molar-refractivity contribution in [1.82, 2.24) is 10.2 Å². The minimum Gasteiger partial charge on any atom is -0.333 e. The number of hydrogen-bond donors (Lipinski definition) is 1. The van der Waals surface area contributed by atoms with Crippen LogP contribution in [0.1, 0.15) is 23.4 Å². The summed E-state index contributed by atoms with van der Waals surface area (Å²) in [6.07, 6.45) is 0. The molecule has 1 atom stereocenters. The fourth-order valence-electron chi connectivity index (χ4n) is 1.93. The normalized spacial score (nSPS) is 12.0. The van der Waals surface area contributed by atoms with Gasteiger partial charge in [0.2, 0.25) is 0 Å². The van der Waals surface area contributed by atoms with Crippen molar-refractivity contribution in [2.75, 3.05) is 7.05 Å². The van der Waals surface area contributed by atoms with Crippen molar-refractivity contribution in [3.8, 4) is 0 Å². The molecule has 0 spiro atoms. The lowest BCUT2D eigenvalue weighted by Gasteiger charge is -2.26. The first-order valence-electron chi connectivity index (χ1n) is 6.47. The number of amides is 2. The van der Waals surface area contributed by atoms with E-state index in [1.54, 1.807) is 35.4 Å². The molecule has 21 heavy (non-hydrogen) atoms. The van der Waals surface area contributed by atoms with Gasteiger partial charge in [-0.25, -0.2) is 4.79 Å². The molecule has 0 fully saturated rings. The molecule has 1 N–H and O–H groups in total. The van der Waals surface area contributed by atoms with Gasteiger partial charge in [0.15, 0.2) is 0 Å². The number of carbonyl (C=O) groups excluding carboxylic acids is 1. The molecule has 3 nitrogen and oxygen atoms in total. The summed E-state index contributed by atoms with van der Waals surface area (Å²) in [5, 5.41) is 6.03. The minimum atomic E-state index is -0.141. The van der Waals surface area contributed by atoms with E-state index in [1.165, 1.54) is 0 Å². The highest BCUT2D eigenvalue weighted by molar-refractivity contribution is 7.09. The number of rotatable bonds is 4. The fraction of sp³-hybridized carbons (Fsp3) is 0.267. The van der Waals surface area contributed by atoms with Crippen molar-refractivity contribution in [1.29, 1.82) is 0 Å². The summed E-state index contributed by atoms with van der Waals surface area (Å²) in [5.74, 6) is 0. The highest BCUT2D eigenvalue weighted by Crippen LogP contribution is 2.29. The number of hydrogen-bond acceptors (Lipinski definition) is 2. The summed E-state index contributed by atoms with van der Waals surface area (Å²) in [4.78, 5) is 14.9. The Morgan fingerprint density at radius 3 is 2.76 bits per heavy atom. The number of urea groups is 1. The van der Waals surface area contributed by atoms with Gasteiger partial charge in [-0.2, -0.15) is 0 Å². The summed E-state index contributed by atoms with van der Waals surface area (Å²) in [5.41, 5.74) is 0.870. The van der Waals surface area contributed by atoms with E-state index in [2.05, 4.69) is 5.32 Å². The van der Waals surface area contributed by atoms with Crippen molar-refractivity contribution in [2.24, 2.45) is 0 Å². The van der Waals surface area contributed by atoms with Gasteiger partial charge in [0, 0.05) is 22.0 Å². The predicted octanol–water partition coefficient (Wildman–Crippen LogP) is 4.96. The molecular formula is C15H16Cl2N2OS. The van der Waals surface area contributed by atoms with Gasteiger partial charge in [-0.1, -0.05) is 35.3 Å². The Bertz CT molecular complexity index is 616. The molecule has 0 saturated carbocycles. The van der Waals surface area contributed by atoms with Gasteiger partial charge in [-0.15, -0.1) is 11.3 Å². The molecule has 0 bridgehead atoms. The van der Waals surface area contributed by atoms with Crippen LogP contribution in [-0.2, 0) is 6.54 Å². The maximum absolute atomic E-state index is 12.2. The molecule has 1 aromatic carbocycles. The minimum absolute atomic E-state index is 0.137. The standard InChI is InChI=1S/C15H16Cl2N2OS/c1-10(13-6-5-11(16)8-14(13)17)19(2)15(20)18-9-12-4-3-7-21-12/h3-8,10H,9H2,1-2H3,(H,18,20). The van der Waals surface area contributed by atoms with E-state index >= 15 is 0 Å². The summed E-state index contributed by atoms with van der Waals surface area (Å²) >= 11 is 13.7. The molecule has 6 heteroatoms. The molecule has 0 aliphatic carbocycles. The van der Waals surface area contributed by atoms with Crippen molar-refractivity contribution < 1.29 is 4.79 Å². The van der Waals surface area contributed by atoms with Crippen LogP contribution in [0.4, 0.5) is 4.79 Å². The summed E-state index contributed by atoms with van der Waals surface area (Å²) < 4.78 is 0. The van der Waals surface area contributed by atoms with Crippen LogP contribution in [0.3, 0.4) is 0 Å². The molecule has 2 aromatic rings. The quantitative estimate of drug-likeness (QED) is 0.836. The Morgan fingerprint density at radius 2 is 2.14 bits per heavy atom. The van der Waals surface area contributed by atoms with E-state index in [9.17, 15) is 4.79 Å². The second kappa shape index (κ2) is 7.16. The zero-order chi connectivity index (χ0) is 15.4. The van der Waals surface area contributed by atoms with Crippen molar-refractivity contribution in [2.45, 2.75) is 19.5 Å². The van der Waals surface area contributed by atoms with Crippen LogP contribution in [0.15, 0.2) is 35.7 Å². The Morgan fingerprint density at radius 1 is 1.38 bits per heavy atom. The first-order chi connectivity index (χ1) is 9.99. The number of carbonyl (C=O) groups is 1. The molecule has 1 unspecified atom stereocenters. The van der Waals surface area contributed by atoms with Crippen LogP contribution in [0.5, 0.6) is 0 Å². The van der Waals surface area contributed by atoms with Gasteiger partial charge in [0.1, 0.15) is 0 Å². The first kappa shape index (κ1) is 16.1. The highest BCUT2D eigenvalue weighted by Gasteiger charge is 2.19. The maximum Gasteiger partial charge on any atom is 0.317 e. The smallest absolute Gasteiger partial charge is 0.317 e. The molecular weight excluding hydrogens is 327 g/mol. The van der Waals surface area contributed by atoms with Crippen molar-refractivity contribution >= 4 is 40.6 Å². The lowest BCUT2D eigenvalue weighted by Crippen LogP contribution is -2.38. The highest BCUT2D eigenvalue weighted by atomic mass is 35.5. The molecule has 1 heterocycles. The third kappa shape index (κ3) is 4.13. The van der Waals surface area contributed by atoms with Gasteiger partial charge >= 0.3 is 6.03 Å². The van der Waals surface area contributed by atoms with Gasteiger partial charge < -0.3 is 10.2 Å². The van der Waals surface area contributed by atoms with Gasteiger partial charge in [-0.05, 0) is 36.1 Å². The molecule has 1 aromatic heterocycles. The summed E-state index contributed by atoms with van der Waals surface area (Å²) in [6, 6.07) is 8.98. The SMILES string of the molecule is CC(c1ccc(Cl)cc1Cl)N(C)C(=O)NCc1cccs1. The lowest BCUT2D eigenvalue weighted by atomic mass is 10.1. The second-order valence-corrected chi connectivity index (χ2v) is 6.57. The van der Waals surface area contributed by atoms with Gasteiger partial charge in [-0.3, -0.25) is 0 Å². The number of benzene rings is 1. The van der Waals surface area contributed by atoms with E-state index in [-0.39, 0.29) is 12.1 Å². The molecule has 2 amide bonds. The van der Waals surface area contributed by atoms with Crippen LogP contribution in [0, 0.1) is 0 Å². The zero-order valence-electron chi connectivity index (χ0n) is 11.8. The largest absolute Gasteiger partial charge is 0.333 e. The van der Waals surface area contributed by atoms with Crippen molar-refractivity contribution in [3.63, 3.8) is 0 Å². The molecule has 112 valence electrons. The van der Waals surface area contributed by atoms with E-state index in [0.29, 0.717) is 16.6 Å². The summed E-state index contributed by atoms with van der Waals surface area (Å²) in [6.45, 7) is 2.46. The zero-order valence-corrected chi connectivity index (χ0v) is 14.1. The maximum atomic E-state index is 12.2. The fourth-order valence-corrected chi connectivity index (χ4v) is 3.14. The van der Waals surface area contributed by atoms with Crippen LogP contribution in [-0.4, -0.2) is 18.0 Å². The second-order valence-electron chi connectivity index (χ2n) is 4.69. The van der Waals surface area contributed by atoms with Crippen molar-refractivity contribution in [3.05, 3.63) is 56.2 Å². The summed E-state index contributed by atoms with van der Waals surface area (Å²) in [7, 11) is 1.75. The Hall–Kier alpha value is -1.23. The van der Waals surface area contributed by atoms with E-state index in [0.717, 1.165) is 10.4 Å². The molecule has 0 saturated heterocycles. The third-order valence-corrected chi connectivity index (χ3v) is 4.75. The first-order valence-corrected chi connectivity index (χ1v) is 8.10. The number of nitrogens with one attached hydrogen (secondary N) is 1. The Balaban J connectivity index is 2.00. The average molecular weight is 343 g/mol. The molecule has 0 aliphatic heterocycles. The Kier molecular flexibility index (Phi) is 5.51. The topological polar surface area (TPSA) is 32.3 Å². The van der Waals surface area contributed by atoms with E-state index in [4.69, 9.17) is 23.2 Å². The predicted molar refractivity (Wildman–Crippen MR) is 89.2 cm³/mol. The monoisotopic (exact) mass is 342 g/mol. The number of halogens is 2. The van der Waals surface area contributed by atoms with Crippen LogP contribution in [0.2, 0.25) is 10.0 Å². The van der Waals surface area contributed by atoms with Gasteiger partial charge in [0.05, 0.1) is 12.6 Å². The van der Waals surface area contributed by atoms with E-state index < -0.39 is 0 Å². The molecule has 0 radical (unpaired) electrons. The molecule has 2 rings (SSSR count). The van der Waals surface area contributed by atoms with Gasteiger partial charge in [0.25, 0.3) is 0 Å². The van der Waals surface area contributed by atoms with Crippen LogP contribution < -0.4 is 5.32 Å². The number of nitrogens with zero attached hydrogens (tertiary/aromatic N) is 1. The molecule has 0 aliphatic rings. The Labute approximate surface area is 138 Å². The van der Waals surface area contributed by atoms with E-state index in [1.807, 2.05) is 30.5 Å². The number of thiophene rings is 1. The van der Waals surface area contributed by atoms with Crippen LogP contribution in [0.25, 0.3) is 0 Å². The average Bonchev–Trinajstić information content (AvgIpc) is 2.96. The lowest BCUT2D eigenvalue weighted by molar-refractivity contribution is 0.194. The van der Waals surface area contributed by atoms with Crippen LogP contribution >= 0.6 is 34.5 Å².